The Labute approximate surface area is 125 Å². The molecule has 0 aliphatic carbocycles. The number of amides is 1. The van der Waals surface area contributed by atoms with Gasteiger partial charge >= 0.3 is 5.97 Å². The molecule has 5 nitrogen and oxygen atoms in total. The number of ether oxygens (including phenoxy) is 1. The minimum Gasteiger partial charge on any atom is -0.497 e. The minimum absolute atomic E-state index is 0.230. The van der Waals surface area contributed by atoms with Crippen LogP contribution in [-0.4, -0.2) is 24.1 Å². The molecule has 1 aromatic carbocycles. The van der Waals surface area contributed by atoms with E-state index < -0.39 is 12.0 Å². The molecule has 2 N–H and O–H groups in total. The maximum Gasteiger partial charge on any atom is 0.330 e. The number of hydrogen-bond donors (Lipinski definition) is 2. The lowest BCUT2D eigenvalue weighted by Gasteiger charge is -2.17. The van der Waals surface area contributed by atoms with Crippen LogP contribution in [0.1, 0.15) is 44.7 Å². The van der Waals surface area contributed by atoms with Gasteiger partial charge in [-0.15, -0.1) is 0 Å². The van der Waals surface area contributed by atoms with Crippen LogP contribution in [0.2, 0.25) is 0 Å². The smallest absolute Gasteiger partial charge is 0.330 e. The Hall–Kier alpha value is -2.04. The molecular weight excluding hydrogens is 270 g/mol. The van der Waals surface area contributed by atoms with Crippen LogP contribution in [0, 0.1) is 5.92 Å². The maximum absolute atomic E-state index is 12.0. The van der Waals surface area contributed by atoms with E-state index in [9.17, 15) is 14.7 Å². The second-order valence-corrected chi connectivity index (χ2v) is 5.00. The third kappa shape index (κ3) is 5.10. The van der Waals surface area contributed by atoms with E-state index in [1.54, 1.807) is 31.4 Å². The zero-order valence-electron chi connectivity index (χ0n) is 12.8. The Morgan fingerprint density at radius 2 is 1.76 bits per heavy atom. The van der Waals surface area contributed by atoms with Gasteiger partial charge < -0.3 is 15.2 Å². The molecule has 1 atom stereocenters. The van der Waals surface area contributed by atoms with Gasteiger partial charge in [0.2, 0.25) is 5.91 Å². The predicted octanol–water partition coefficient (Wildman–Crippen LogP) is 2.76. The third-order valence-corrected chi connectivity index (χ3v) is 3.63. The van der Waals surface area contributed by atoms with Crippen molar-refractivity contribution in [2.24, 2.45) is 5.92 Å². The number of rotatable bonds is 8. The average molecular weight is 293 g/mol. The quantitative estimate of drug-likeness (QED) is 0.772. The van der Waals surface area contributed by atoms with Gasteiger partial charge in [0.1, 0.15) is 5.75 Å². The van der Waals surface area contributed by atoms with Crippen molar-refractivity contribution in [3.8, 4) is 5.75 Å². The van der Waals surface area contributed by atoms with Crippen molar-refractivity contribution < 1.29 is 19.4 Å². The fourth-order valence-electron chi connectivity index (χ4n) is 2.14. The van der Waals surface area contributed by atoms with E-state index in [1.807, 2.05) is 13.8 Å². The normalized spacial score (nSPS) is 12.0. The first-order chi connectivity index (χ1) is 10.0. The molecule has 0 saturated heterocycles. The summed E-state index contributed by atoms with van der Waals surface area (Å²) >= 11 is 0. The van der Waals surface area contributed by atoms with E-state index in [0.29, 0.717) is 17.7 Å². The number of hydrogen-bond acceptors (Lipinski definition) is 3. The number of carboxylic acids is 1. The Morgan fingerprint density at radius 3 is 2.19 bits per heavy atom. The topological polar surface area (TPSA) is 75.6 Å². The second kappa shape index (κ2) is 8.29. The van der Waals surface area contributed by atoms with Crippen LogP contribution in [0.15, 0.2) is 24.3 Å². The standard InChI is InChI=1S/C16H23NO4/c1-4-11(5-2)10-14(18)17-15(16(19)20)12-6-8-13(21-3)9-7-12/h6-9,11,15H,4-5,10H2,1-3H3,(H,17,18)(H,19,20). The number of aliphatic carboxylic acids is 1. The van der Waals surface area contributed by atoms with E-state index in [1.165, 1.54) is 0 Å². The fraction of sp³-hybridized carbons (Fsp3) is 0.500. The van der Waals surface area contributed by atoms with Crippen molar-refractivity contribution in [3.05, 3.63) is 29.8 Å². The molecule has 1 unspecified atom stereocenters. The van der Waals surface area contributed by atoms with Crippen LogP contribution < -0.4 is 10.1 Å². The van der Waals surface area contributed by atoms with Crippen molar-refractivity contribution in [2.45, 2.75) is 39.2 Å². The highest BCUT2D eigenvalue weighted by Crippen LogP contribution is 2.19. The molecule has 0 aliphatic rings. The zero-order valence-corrected chi connectivity index (χ0v) is 12.8. The van der Waals surface area contributed by atoms with Crippen LogP contribution in [0.4, 0.5) is 0 Å². The molecule has 0 aliphatic heterocycles. The van der Waals surface area contributed by atoms with E-state index in [2.05, 4.69) is 5.32 Å². The highest BCUT2D eigenvalue weighted by Gasteiger charge is 2.23. The minimum atomic E-state index is -1.07. The van der Waals surface area contributed by atoms with Crippen molar-refractivity contribution in [1.82, 2.24) is 5.32 Å². The van der Waals surface area contributed by atoms with E-state index in [0.717, 1.165) is 12.8 Å². The average Bonchev–Trinajstić information content (AvgIpc) is 2.50. The van der Waals surface area contributed by atoms with E-state index in [4.69, 9.17) is 4.74 Å². The van der Waals surface area contributed by atoms with Crippen LogP contribution in [0.25, 0.3) is 0 Å². The Balaban J connectivity index is 2.77. The number of benzene rings is 1. The summed E-state index contributed by atoms with van der Waals surface area (Å²) in [4.78, 5) is 23.4. The molecule has 0 radical (unpaired) electrons. The molecule has 1 aromatic rings. The van der Waals surface area contributed by atoms with Crippen molar-refractivity contribution in [1.29, 1.82) is 0 Å². The van der Waals surface area contributed by atoms with Gasteiger partial charge in [0.25, 0.3) is 0 Å². The number of methoxy groups -OCH3 is 1. The summed E-state index contributed by atoms with van der Waals surface area (Å²) < 4.78 is 5.04. The van der Waals surface area contributed by atoms with E-state index in [-0.39, 0.29) is 11.8 Å². The van der Waals surface area contributed by atoms with Crippen LogP contribution in [-0.2, 0) is 9.59 Å². The number of carboxylic acid groups (broad SMARTS) is 1. The molecule has 0 fully saturated rings. The third-order valence-electron chi connectivity index (χ3n) is 3.63. The lowest BCUT2D eigenvalue weighted by molar-refractivity contribution is -0.142. The second-order valence-electron chi connectivity index (χ2n) is 5.00. The summed E-state index contributed by atoms with van der Waals surface area (Å²) in [5, 5.41) is 11.9. The first-order valence-corrected chi connectivity index (χ1v) is 7.17. The molecule has 0 saturated carbocycles. The molecule has 0 spiro atoms. The summed E-state index contributed by atoms with van der Waals surface area (Å²) in [5.74, 6) is -0.369. The zero-order chi connectivity index (χ0) is 15.8. The van der Waals surface area contributed by atoms with Crippen molar-refractivity contribution in [3.63, 3.8) is 0 Å². The molecular formula is C16H23NO4. The van der Waals surface area contributed by atoms with Gasteiger partial charge in [-0.1, -0.05) is 38.8 Å². The Bertz CT molecular complexity index is 466. The Kier molecular flexibility index (Phi) is 6.72. The molecule has 5 heteroatoms. The molecule has 0 heterocycles. The summed E-state index contributed by atoms with van der Waals surface area (Å²) in [6.07, 6.45) is 2.17. The van der Waals surface area contributed by atoms with Gasteiger partial charge in [-0.25, -0.2) is 4.79 Å². The number of carbonyl (C=O) groups excluding carboxylic acids is 1. The SMILES string of the molecule is CCC(CC)CC(=O)NC(C(=O)O)c1ccc(OC)cc1. The number of nitrogens with one attached hydrogen (secondary N) is 1. The lowest BCUT2D eigenvalue weighted by atomic mass is 9.98. The van der Waals surface area contributed by atoms with Gasteiger partial charge in [0.15, 0.2) is 6.04 Å². The molecule has 0 bridgehead atoms. The lowest BCUT2D eigenvalue weighted by Crippen LogP contribution is -2.34. The van der Waals surface area contributed by atoms with Gasteiger partial charge in [0, 0.05) is 6.42 Å². The van der Waals surface area contributed by atoms with Crippen molar-refractivity contribution in [2.75, 3.05) is 7.11 Å². The monoisotopic (exact) mass is 293 g/mol. The highest BCUT2D eigenvalue weighted by atomic mass is 16.5. The molecule has 1 amide bonds. The maximum atomic E-state index is 12.0. The summed E-state index contributed by atoms with van der Waals surface area (Å²) in [6.45, 7) is 4.05. The molecule has 0 aromatic heterocycles. The summed E-state index contributed by atoms with van der Waals surface area (Å²) in [6, 6.07) is 5.62. The van der Waals surface area contributed by atoms with Crippen LogP contribution in [0.3, 0.4) is 0 Å². The van der Waals surface area contributed by atoms with Crippen LogP contribution >= 0.6 is 0 Å². The van der Waals surface area contributed by atoms with Gasteiger partial charge in [-0.3, -0.25) is 4.79 Å². The first kappa shape index (κ1) is 17.0. The van der Waals surface area contributed by atoms with Crippen LogP contribution in [0.5, 0.6) is 5.75 Å². The summed E-state index contributed by atoms with van der Waals surface area (Å²) in [5.41, 5.74) is 0.529. The van der Waals surface area contributed by atoms with Crippen molar-refractivity contribution >= 4 is 11.9 Å². The Morgan fingerprint density at radius 1 is 1.19 bits per heavy atom. The molecule has 1 rings (SSSR count). The fourth-order valence-corrected chi connectivity index (χ4v) is 2.14. The van der Waals surface area contributed by atoms with Gasteiger partial charge in [-0.2, -0.15) is 0 Å². The largest absolute Gasteiger partial charge is 0.497 e. The van der Waals surface area contributed by atoms with E-state index >= 15 is 0 Å². The summed E-state index contributed by atoms with van der Waals surface area (Å²) in [7, 11) is 1.54. The van der Waals surface area contributed by atoms with Gasteiger partial charge in [-0.05, 0) is 23.6 Å². The molecule has 116 valence electrons. The highest BCUT2D eigenvalue weighted by molar-refractivity contribution is 5.84. The first-order valence-electron chi connectivity index (χ1n) is 7.17. The number of carbonyl (C=O) groups is 2. The van der Waals surface area contributed by atoms with Gasteiger partial charge in [0.05, 0.1) is 7.11 Å². The predicted molar refractivity (Wildman–Crippen MR) is 80.2 cm³/mol. The molecule has 21 heavy (non-hydrogen) atoms.